The van der Waals surface area contributed by atoms with Crippen molar-refractivity contribution in [1.29, 1.82) is 0 Å². The Kier molecular flexibility index (Phi) is 2.32. The molecule has 7 nitrogen and oxygen atoms in total. The van der Waals surface area contributed by atoms with E-state index in [1.807, 2.05) is 0 Å². The van der Waals surface area contributed by atoms with E-state index in [1.165, 1.54) is 6.07 Å². The summed E-state index contributed by atoms with van der Waals surface area (Å²) in [5.74, 6) is -3.54. The first-order valence-electron chi connectivity index (χ1n) is 4.53. The van der Waals surface area contributed by atoms with Crippen molar-refractivity contribution < 1.29 is 24.4 Å². The molecule has 1 N–H and O–H groups in total. The molecule has 0 aliphatic heterocycles. The van der Waals surface area contributed by atoms with Gasteiger partial charge in [0.2, 0.25) is 11.6 Å². The summed E-state index contributed by atoms with van der Waals surface area (Å²) in [7, 11) is 0. The Morgan fingerprint density at radius 3 is 2.41 bits per heavy atom. The fourth-order valence-electron chi connectivity index (χ4n) is 1.65. The molecule has 7 heteroatoms. The molecule has 86 valence electrons. The third kappa shape index (κ3) is 1.44. The van der Waals surface area contributed by atoms with Gasteiger partial charge in [-0.2, -0.15) is 0 Å². The number of aliphatic hydroxyl groups is 1. The Balaban J connectivity index is 2.78. The predicted molar refractivity (Wildman–Crippen MR) is 52.8 cm³/mol. The van der Waals surface area contributed by atoms with E-state index in [0.717, 1.165) is 12.1 Å². The number of hydrogen-bond acceptors (Lipinski definition) is 6. The van der Waals surface area contributed by atoms with Gasteiger partial charge >= 0.3 is 0 Å². The number of nitro groups is 1. The molecule has 0 aromatic heterocycles. The molecule has 1 aromatic carbocycles. The topological polar surface area (TPSA) is 115 Å². The Morgan fingerprint density at radius 1 is 1.18 bits per heavy atom. The molecule has 1 atom stereocenters. The number of ketones is 3. The first kappa shape index (κ1) is 11.1. The summed E-state index contributed by atoms with van der Waals surface area (Å²) in [4.78, 5) is 44.1. The molecule has 0 spiro atoms. The molecule has 17 heavy (non-hydrogen) atoms. The molecule has 0 amide bonds. The highest BCUT2D eigenvalue weighted by Gasteiger charge is 2.42. The van der Waals surface area contributed by atoms with Crippen LogP contribution in [0.5, 0.6) is 0 Å². The zero-order chi connectivity index (χ0) is 12.7. The van der Waals surface area contributed by atoms with E-state index in [1.54, 1.807) is 0 Å². The lowest BCUT2D eigenvalue weighted by molar-refractivity contribution is -0.385. The number of rotatable bonds is 1. The third-order valence-electron chi connectivity index (χ3n) is 2.45. The largest absolute Gasteiger partial charge is 0.377 e. The first-order chi connectivity index (χ1) is 7.95. The average molecular weight is 235 g/mol. The minimum Gasteiger partial charge on any atom is -0.377 e. The summed E-state index contributed by atoms with van der Waals surface area (Å²) in [6.07, 6.45) is -2.06. The molecular formula is C10H5NO6. The van der Waals surface area contributed by atoms with Gasteiger partial charge in [-0.3, -0.25) is 24.5 Å². The second kappa shape index (κ2) is 3.56. The van der Waals surface area contributed by atoms with Gasteiger partial charge in [0.25, 0.3) is 5.69 Å². The number of Topliss-reactive ketones (excluding diaryl/α,β-unsaturated/α-hetero) is 3. The molecule has 0 bridgehead atoms. The van der Waals surface area contributed by atoms with Crippen molar-refractivity contribution in [1.82, 2.24) is 0 Å². The number of aliphatic hydroxyl groups excluding tert-OH is 1. The van der Waals surface area contributed by atoms with E-state index >= 15 is 0 Å². The summed E-state index contributed by atoms with van der Waals surface area (Å²) in [5, 5.41) is 19.9. The van der Waals surface area contributed by atoms with E-state index in [9.17, 15) is 29.6 Å². The highest BCUT2D eigenvalue weighted by Crippen LogP contribution is 2.28. The summed E-state index contributed by atoms with van der Waals surface area (Å²) in [6, 6.07) is 3.40. The van der Waals surface area contributed by atoms with Crippen LogP contribution in [0.25, 0.3) is 0 Å². The van der Waals surface area contributed by atoms with Crippen LogP contribution in [0.2, 0.25) is 0 Å². The number of nitro benzene ring substituents is 1. The van der Waals surface area contributed by atoms with E-state index in [4.69, 9.17) is 0 Å². The normalized spacial score (nSPS) is 19.1. The van der Waals surface area contributed by atoms with Crippen LogP contribution >= 0.6 is 0 Å². The monoisotopic (exact) mass is 235 g/mol. The van der Waals surface area contributed by atoms with Gasteiger partial charge < -0.3 is 5.11 Å². The lowest BCUT2D eigenvalue weighted by Crippen LogP contribution is -2.41. The molecule has 1 aromatic rings. The van der Waals surface area contributed by atoms with Crippen molar-refractivity contribution in [2.24, 2.45) is 0 Å². The Morgan fingerprint density at radius 2 is 1.82 bits per heavy atom. The fourth-order valence-corrected chi connectivity index (χ4v) is 1.65. The van der Waals surface area contributed by atoms with Gasteiger partial charge in [0.1, 0.15) is 5.56 Å². The predicted octanol–water partition coefficient (Wildman–Crippen LogP) is -0.0962. The highest BCUT2D eigenvalue weighted by molar-refractivity contribution is 6.53. The van der Waals surface area contributed by atoms with Gasteiger partial charge in [-0.25, -0.2) is 0 Å². The van der Waals surface area contributed by atoms with Crippen molar-refractivity contribution in [3.8, 4) is 0 Å². The Labute approximate surface area is 93.8 Å². The Bertz CT molecular complexity index is 576. The maximum atomic E-state index is 11.5. The van der Waals surface area contributed by atoms with E-state index in [0.29, 0.717) is 0 Å². The summed E-state index contributed by atoms with van der Waals surface area (Å²) in [6.45, 7) is 0. The van der Waals surface area contributed by atoms with Crippen LogP contribution in [0.15, 0.2) is 18.2 Å². The maximum absolute atomic E-state index is 11.5. The molecule has 0 saturated heterocycles. The van der Waals surface area contributed by atoms with Crippen molar-refractivity contribution in [2.75, 3.05) is 0 Å². The second-order valence-corrected chi connectivity index (χ2v) is 3.42. The van der Waals surface area contributed by atoms with Gasteiger partial charge in [-0.05, 0) is 0 Å². The van der Waals surface area contributed by atoms with Crippen LogP contribution < -0.4 is 0 Å². The van der Waals surface area contributed by atoms with Crippen LogP contribution in [0.1, 0.15) is 20.7 Å². The van der Waals surface area contributed by atoms with Gasteiger partial charge in [0.05, 0.1) is 4.92 Å². The molecule has 0 fully saturated rings. The van der Waals surface area contributed by atoms with E-state index in [2.05, 4.69) is 0 Å². The van der Waals surface area contributed by atoms with Crippen LogP contribution in [0.4, 0.5) is 5.69 Å². The van der Waals surface area contributed by atoms with Gasteiger partial charge in [-0.15, -0.1) is 0 Å². The van der Waals surface area contributed by atoms with Crippen LogP contribution in [0.3, 0.4) is 0 Å². The molecule has 1 unspecified atom stereocenters. The Hall–Kier alpha value is -2.41. The molecular weight excluding hydrogens is 230 g/mol. The summed E-state index contributed by atoms with van der Waals surface area (Å²) in [5.41, 5.74) is -1.45. The smallest absolute Gasteiger partial charge is 0.281 e. The van der Waals surface area contributed by atoms with Crippen LogP contribution in [-0.2, 0) is 4.79 Å². The molecule has 1 aliphatic carbocycles. The standard InChI is InChI=1S/C10H5NO6/c12-7-4-2-1-3-5(11(16)17)6(4)8(13)10(15)9(7)14/h1-3,9,14H. The zero-order valence-electron chi connectivity index (χ0n) is 8.25. The summed E-state index contributed by atoms with van der Waals surface area (Å²) >= 11 is 0. The lowest BCUT2D eigenvalue weighted by Gasteiger charge is -2.16. The van der Waals surface area contributed by atoms with Gasteiger partial charge in [0.15, 0.2) is 11.9 Å². The van der Waals surface area contributed by atoms with Gasteiger partial charge in [0, 0.05) is 11.6 Å². The fraction of sp³-hybridized carbons (Fsp3) is 0.100. The quantitative estimate of drug-likeness (QED) is 0.314. The molecule has 0 heterocycles. The van der Waals surface area contributed by atoms with Crippen molar-refractivity contribution >= 4 is 23.0 Å². The number of fused-ring (bicyclic) bond motifs is 1. The second-order valence-electron chi connectivity index (χ2n) is 3.42. The average Bonchev–Trinajstić information content (AvgIpc) is 2.32. The first-order valence-corrected chi connectivity index (χ1v) is 4.53. The van der Waals surface area contributed by atoms with Crippen LogP contribution in [-0.4, -0.2) is 33.5 Å². The molecule has 0 radical (unpaired) electrons. The maximum Gasteiger partial charge on any atom is 0.281 e. The molecule has 2 rings (SSSR count). The van der Waals surface area contributed by atoms with E-state index in [-0.39, 0.29) is 5.56 Å². The van der Waals surface area contributed by atoms with E-state index < -0.39 is 39.6 Å². The number of carbonyl (C=O) groups is 3. The number of hydrogen-bond donors (Lipinski definition) is 1. The minimum absolute atomic E-state index is 0.295. The molecule has 0 saturated carbocycles. The highest BCUT2D eigenvalue weighted by atomic mass is 16.6. The zero-order valence-corrected chi connectivity index (χ0v) is 8.25. The lowest BCUT2D eigenvalue weighted by atomic mass is 9.86. The van der Waals surface area contributed by atoms with Crippen molar-refractivity contribution in [2.45, 2.75) is 6.10 Å². The minimum atomic E-state index is -2.06. The van der Waals surface area contributed by atoms with Gasteiger partial charge in [-0.1, -0.05) is 12.1 Å². The van der Waals surface area contributed by atoms with Crippen molar-refractivity contribution in [3.05, 3.63) is 39.4 Å². The van der Waals surface area contributed by atoms with Crippen molar-refractivity contribution in [3.63, 3.8) is 0 Å². The number of carbonyl (C=O) groups excluding carboxylic acids is 3. The number of nitrogens with zero attached hydrogens (tertiary/aromatic N) is 1. The number of benzene rings is 1. The van der Waals surface area contributed by atoms with Crippen LogP contribution in [0, 0.1) is 10.1 Å². The third-order valence-corrected chi connectivity index (χ3v) is 2.45. The SMILES string of the molecule is O=C1C(=O)C(O)C(=O)c2cccc([N+](=O)[O-])c21. The summed E-state index contributed by atoms with van der Waals surface area (Å²) < 4.78 is 0. The molecule has 1 aliphatic rings.